The molecule has 0 unspecified atom stereocenters. The number of rotatable bonds is 4. The third-order valence-electron chi connectivity index (χ3n) is 5.01. The highest BCUT2D eigenvalue weighted by molar-refractivity contribution is 6.74. The fourth-order valence-electron chi connectivity index (χ4n) is 2.29. The number of carbonyl (C=O) groups is 1. The van der Waals surface area contributed by atoms with Crippen molar-refractivity contribution in [2.24, 2.45) is 5.92 Å². The predicted molar refractivity (Wildman–Crippen MR) is 74.0 cm³/mol. The maximum Gasteiger partial charge on any atom is 0.193 e. The average Bonchev–Trinajstić information content (AvgIpc) is 3.02. The predicted octanol–water partition coefficient (Wildman–Crippen LogP) is 2.92. The molecular weight excluding hydrogens is 244 g/mol. The van der Waals surface area contributed by atoms with Gasteiger partial charge in [-0.05, 0) is 30.1 Å². The fourth-order valence-corrected chi connectivity index (χ4v) is 4.88. The van der Waals surface area contributed by atoms with Crippen molar-refractivity contribution in [2.75, 3.05) is 0 Å². The molecule has 102 valence electrons. The highest BCUT2D eigenvalue weighted by atomic mass is 28.4. The number of fused-ring (bicyclic) bond motifs is 1. The lowest BCUT2D eigenvalue weighted by atomic mass is 9.99. The van der Waals surface area contributed by atoms with Crippen LogP contribution in [0.1, 0.15) is 27.7 Å². The molecule has 0 amide bonds. The van der Waals surface area contributed by atoms with Crippen LogP contribution in [-0.2, 0) is 14.0 Å². The molecule has 0 radical (unpaired) electrons. The largest absolute Gasteiger partial charge is 0.408 e. The Bertz CT molecular complexity index is 385. The number of ether oxygens (including phenoxy) is 1. The smallest absolute Gasteiger partial charge is 0.193 e. The van der Waals surface area contributed by atoms with Crippen molar-refractivity contribution in [3.63, 3.8) is 0 Å². The molecule has 0 aromatic heterocycles. The van der Waals surface area contributed by atoms with E-state index in [4.69, 9.17) is 9.16 Å². The first-order valence-corrected chi connectivity index (χ1v) is 9.63. The second-order valence-electron chi connectivity index (χ2n) is 6.75. The van der Waals surface area contributed by atoms with Gasteiger partial charge in [-0.2, -0.15) is 0 Å². The molecule has 18 heavy (non-hydrogen) atoms. The normalized spacial score (nSPS) is 31.7. The zero-order chi connectivity index (χ0) is 13.7. The zero-order valence-corrected chi connectivity index (χ0v) is 13.2. The van der Waals surface area contributed by atoms with Crippen LogP contribution < -0.4 is 0 Å². The lowest BCUT2D eigenvalue weighted by Gasteiger charge is -2.44. The second kappa shape index (κ2) is 4.29. The van der Waals surface area contributed by atoms with Crippen LogP contribution >= 0.6 is 0 Å². The molecule has 0 saturated carbocycles. The monoisotopic (exact) mass is 268 g/mol. The first kappa shape index (κ1) is 14.0. The second-order valence-corrected chi connectivity index (χ2v) is 11.3. The molecule has 1 aliphatic heterocycles. The number of hydrogen-bond donors (Lipinski definition) is 0. The maximum absolute atomic E-state index is 11.4. The van der Waals surface area contributed by atoms with Gasteiger partial charge < -0.3 is 9.16 Å². The van der Waals surface area contributed by atoms with Gasteiger partial charge >= 0.3 is 0 Å². The third kappa shape index (κ3) is 2.21. The van der Waals surface area contributed by atoms with Crippen LogP contribution in [0.3, 0.4) is 0 Å². The molecular formula is C14H24O3Si. The van der Waals surface area contributed by atoms with E-state index in [1.807, 2.05) is 6.08 Å². The van der Waals surface area contributed by atoms with Gasteiger partial charge in [-0.1, -0.05) is 33.8 Å². The van der Waals surface area contributed by atoms with E-state index >= 15 is 0 Å². The Kier molecular flexibility index (Phi) is 3.33. The van der Waals surface area contributed by atoms with Crippen LogP contribution in [0.15, 0.2) is 12.2 Å². The van der Waals surface area contributed by atoms with Gasteiger partial charge in [0, 0.05) is 0 Å². The summed E-state index contributed by atoms with van der Waals surface area (Å²) in [5.41, 5.74) is 0. The van der Waals surface area contributed by atoms with Crippen LogP contribution in [0.5, 0.6) is 0 Å². The van der Waals surface area contributed by atoms with Crippen LogP contribution in [0.2, 0.25) is 18.1 Å². The molecule has 0 aromatic carbocycles. The van der Waals surface area contributed by atoms with Crippen molar-refractivity contribution >= 4 is 14.1 Å². The topological polar surface area (TPSA) is 38.8 Å². The van der Waals surface area contributed by atoms with Crippen LogP contribution in [0.25, 0.3) is 0 Å². The van der Waals surface area contributed by atoms with Gasteiger partial charge in [0.05, 0.1) is 6.10 Å². The summed E-state index contributed by atoms with van der Waals surface area (Å²) >= 11 is 0. The van der Waals surface area contributed by atoms with E-state index in [0.29, 0.717) is 5.92 Å². The molecule has 1 fully saturated rings. The Morgan fingerprint density at radius 3 is 2.56 bits per heavy atom. The zero-order valence-electron chi connectivity index (χ0n) is 12.2. The molecule has 4 heteroatoms. The molecule has 2 rings (SSSR count). The minimum absolute atomic E-state index is 0.0303. The molecule has 2 aliphatic rings. The minimum atomic E-state index is -1.86. The summed E-state index contributed by atoms with van der Waals surface area (Å²) in [6, 6.07) is 0. The molecule has 3 atom stereocenters. The van der Waals surface area contributed by atoms with Gasteiger partial charge in [0.1, 0.15) is 12.2 Å². The van der Waals surface area contributed by atoms with Gasteiger partial charge in [0.2, 0.25) is 0 Å². The van der Waals surface area contributed by atoms with Gasteiger partial charge in [0.25, 0.3) is 0 Å². The number of hydrogen-bond acceptors (Lipinski definition) is 3. The van der Waals surface area contributed by atoms with E-state index in [-0.39, 0.29) is 29.1 Å². The van der Waals surface area contributed by atoms with Gasteiger partial charge in [-0.15, -0.1) is 0 Å². The lowest BCUT2D eigenvalue weighted by molar-refractivity contribution is -0.115. The Morgan fingerprint density at radius 1 is 1.39 bits per heavy atom. The lowest BCUT2D eigenvalue weighted by Crippen LogP contribution is -2.49. The quantitative estimate of drug-likeness (QED) is 0.581. The van der Waals surface area contributed by atoms with Crippen LogP contribution in [-0.4, -0.2) is 32.4 Å². The van der Waals surface area contributed by atoms with Gasteiger partial charge in [-0.3, -0.25) is 4.79 Å². The van der Waals surface area contributed by atoms with E-state index in [1.165, 1.54) is 0 Å². The standard InChI is InChI=1S/C14H24O3Si/c1-9(2)14(3,4)18(5,6)17-11-8-7-10(15)12-13(11)16-12/h7-9,11-13H,1-6H3/t11-,12+,13-/m1/s1. The van der Waals surface area contributed by atoms with Crippen LogP contribution in [0, 0.1) is 5.92 Å². The summed E-state index contributed by atoms with van der Waals surface area (Å²) < 4.78 is 11.8. The third-order valence-corrected chi connectivity index (χ3v) is 9.55. The molecule has 1 aliphatic carbocycles. The molecule has 0 aromatic rings. The average molecular weight is 268 g/mol. The first-order valence-electron chi connectivity index (χ1n) is 6.72. The first-order chi connectivity index (χ1) is 8.17. The van der Waals surface area contributed by atoms with E-state index in [1.54, 1.807) is 6.08 Å². The summed E-state index contributed by atoms with van der Waals surface area (Å²) in [6.45, 7) is 13.6. The van der Waals surface area contributed by atoms with E-state index in [9.17, 15) is 4.79 Å². The Morgan fingerprint density at radius 2 is 2.00 bits per heavy atom. The van der Waals surface area contributed by atoms with Crippen molar-refractivity contribution in [3.8, 4) is 0 Å². The fraction of sp³-hybridized carbons (Fsp3) is 0.786. The van der Waals surface area contributed by atoms with Gasteiger partial charge in [-0.25, -0.2) is 0 Å². The summed E-state index contributed by atoms with van der Waals surface area (Å²) in [5, 5.41) is 0.187. The summed E-state index contributed by atoms with van der Waals surface area (Å²) in [4.78, 5) is 11.4. The Hall–Kier alpha value is -0.453. The molecule has 1 saturated heterocycles. The SMILES string of the molecule is CC(C)C(C)(C)[Si](C)(C)O[C@@H]1C=CC(=O)[C@@H]2O[C@H]12. The number of epoxide rings is 1. The number of carbonyl (C=O) groups excluding carboxylic acids is 1. The van der Waals surface area contributed by atoms with Crippen molar-refractivity contribution in [3.05, 3.63) is 12.2 Å². The van der Waals surface area contributed by atoms with Gasteiger partial charge in [0.15, 0.2) is 14.1 Å². The van der Waals surface area contributed by atoms with Crippen molar-refractivity contribution in [2.45, 2.75) is 64.1 Å². The highest BCUT2D eigenvalue weighted by Crippen LogP contribution is 2.46. The van der Waals surface area contributed by atoms with Crippen molar-refractivity contribution in [1.82, 2.24) is 0 Å². The molecule has 0 N–H and O–H groups in total. The molecule has 0 bridgehead atoms. The summed E-state index contributed by atoms with van der Waals surface area (Å²) in [5.74, 6) is 0.659. The summed E-state index contributed by atoms with van der Waals surface area (Å²) in [6.07, 6.45) is 3.20. The van der Waals surface area contributed by atoms with E-state index < -0.39 is 8.32 Å². The minimum Gasteiger partial charge on any atom is -0.408 e. The Balaban J connectivity index is 2.09. The number of ketones is 1. The van der Waals surface area contributed by atoms with E-state index in [2.05, 4.69) is 40.8 Å². The Labute approximate surface area is 111 Å². The summed E-state index contributed by atoms with van der Waals surface area (Å²) in [7, 11) is -1.86. The van der Waals surface area contributed by atoms with Crippen molar-refractivity contribution in [1.29, 1.82) is 0 Å². The van der Waals surface area contributed by atoms with E-state index in [0.717, 1.165) is 0 Å². The molecule has 0 spiro atoms. The molecule has 1 heterocycles. The highest BCUT2D eigenvalue weighted by Gasteiger charge is 2.54. The van der Waals surface area contributed by atoms with Crippen LogP contribution in [0.4, 0.5) is 0 Å². The maximum atomic E-state index is 11.4. The van der Waals surface area contributed by atoms with Crippen molar-refractivity contribution < 1.29 is 14.0 Å². The molecule has 3 nitrogen and oxygen atoms in total.